The molecule has 0 unspecified atom stereocenters. The Morgan fingerprint density at radius 3 is 2.53 bits per heavy atom. The number of ether oxygens (including phenoxy) is 1. The van der Waals surface area contributed by atoms with Gasteiger partial charge in [-0.2, -0.15) is 0 Å². The first-order valence-corrected chi connectivity index (χ1v) is 6.92. The fourth-order valence-electron chi connectivity index (χ4n) is 2.55. The van der Waals surface area contributed by atoms with Crippen molar-refractivity contribution in [3.63, 3.8) is 0 Å². The Kier molecular flexibility index (Phi) is 3.69. The second kappa shape index (κ2) is 5.11. The number of hydrogen-bond donors (Lipinski definition) is 1. The van der Waals surface area contributed by atoms with Crippen molar-refractivity contribution < 1.29 is 14.6 Å². The molecular formula is C15H21NO3. The molecule has 1 heterocycles. The van der Waals surface area contributed by atoms with Crippen LogP contribution in [0.3, 0.4) is 0 Å². The molecule has 0 saturated heterocycles. The summed E-state index contributed by atoms with van der Waals surface area (Å²) < 4.78 is 5.96. The Bertz CT molecular complexity index is 480. The molecule has 0 bridgehead atoms. The zero-order valence-corrected chi connectivity index (χ0v) is 11.8. The Morgan fingerprint density at radius 1 is 1.26 bits per heavy atom. The number of aromatic hydroxyl groups is 1. The summed E-state index contributed by atoms with van der Waals surface area (Å²) >= 11 is 0. The van der Waals surface area contributed by atoms with Crippen molar-refractivity contribution in [1.29, 1.82) is 0 Å². The van der Waals surface area contributed by atoms with E-state index in [0.717, 1.165) is 6.42 Å². The molecule has 1 aromatic rings. The number of amides is 1. The molecule has 2 rings (SSSR count). The summed E-state index contributed by atoms with van der Waals surface area (Å²) in [5.41, 5.74) is -0.0940. The fraction of sp³-hybridized carbons (Fsp3) is 0.533. The zero-order valence-electron chi connectivity index (χ0n) is 11.8. The first kappa shape index (κ1) is 13.7. The second-order valence-corrected chi connectivity index (χ2v) is 4.91. The number of fused-ring (bicyclic) bond motifs is 1. The topological polar surface area (TPSA) is 49.8 Å². The van der Waals surface area contributed by atoms with Gasteiger partial charge in [-0.15, -0.1) is 0 Å². The number of hydrogen-bond acceptors (Lipinski definition) is 3. The smallest absolute Gasteiger partial charge is 0.271 e. The molecule has 0 aromatic heterocycles. The van der Waals surface area contributed by atoms with Crippen LogP contribution in [0.1, 0.15) is 40.0 Å². The molecule has 0 spiro atoms. The average Bonchev–Trinajstić information content (AvgIpc) is 2.42. The van der Waals surface area contributed by atoms with Gasteiger partial charge >= 0.3 is 0 Å². The van der Waals surface area contributed by atoms with E-state index in [1.54, 1.807) is 23.1 Å². The number of phenols is 1. The van der Waals surface area contributed by atoms with Crippen LogP contribution in [-0.4, -0.2) is 23.2 Å². The third-order valence-electron chi connectivity index (χ3n) is 3.76. The van der Waals surface area contributed by atoms with E-state index in [9.17, 15) is 9.90 Å². The molecule has 1 aliphatic heterocycles. The lowest BCUT2D eigenvalue weighted by Gasteiger charge is -2.42. The summed E-state index contributed by atoms with van der Waals surface area (Å²) in [5, 5.41) is 9.61. The zero-order chi connectivity index (χ0) is 14.0. The SMILES string of the molecule is CCCN1C(=O)C(CC)(CC)Oc2ccc(O)cc21. The monoisotopic (exact) mass is 263 g/mol. The van der Waals surface area contributed by atoms with Gasteiger partial charge in [-0.3, -0.25) is 4.79 Å². The molecule has 0 fully saturated rings. The molecule has 0 saturated carbocycles. The summed E-state index contributed by atoms with van der Waals surface area (Å²) in [7, 11) is 0. The minimum absolute atomic E-state index is 0.00236. The highest BCUT2D eigenvalue weighted by Gasteiger charge is 2.45. The molecule has 0 atom stereocenters. The number of phenolic OH excluding ortho intramolecular Hbond substituents is 1. The third-order valence-corrected chi connectivity index (χ3v) is 3.76. The van der Waals surface area contributed by atoms with Crippen molar-refractivity contribution in [2.24, 2.45) is 0 Å². The van der Waals surface area contributed by atoms with Gasteiger partial charge in [0, 0.05) is 12.6 Å². The van der Waals surface area contributed by atoms with Crippen LogP contribution in [0.4, 0.5) is 5.69 Å². The summed E-state index contributed by atoms with van der Waals surface area (Å²) in [5.74, 6) is 0.823. The predicted molar refractivity (Wildman–Crippen MR) is 74.7 cm³/mol. The van der Waals surface area contributed by atoms with Crippen LogP contribution in [0, 0.1) is 0 Å². The molecule has 1 N–H and O–H groups in total. The lowest BCUT2D eigenvalue weighted by molar-refractivity contribution is -0.136. The van der Waals surface area contributed by atoms with Gasteiger partial charge in [-0.1, -0.05) is 20.8 Å². The highest BCUT2D eigenvalue weighted by molar-refractivity contribution is 6.03. The molecule has 4 nitrogen and oxygen atoms in total. The standard InChI is InChI=1S/C15H21NO3/c1-4-9-16-12-10-11(17)7-8-13(12)19-15(5-2,6-3)14(16)18/h7-8,10,17H,4-6,9H2,1-3H3. The van der Waals surface area contributed by atoms with Crippen molar-refractivity contribution in [1.82, 2.24) is 0 Å². The van der Waals surface area contributed by atoms with E-state index in [1.165, 1.54) is 0 Å². The largest absolute Gasteiger partial charge is 0.508 e. The maximum absolute atomic E-state index is 12.7. The van der Waals surface area contributed by atoms with Crippen molar-refractivity contribution in [2.45, 2.75) is 45.6 Å². The van der Waals surface area contributed by atoms with Crippen molar-refractivity contribution >= 4 is 11.6 Å². The molecule has 0 aliphatic carbocycles. The third kappa shape index (κ3) is 2.15. The Morgan fingerprint density at radius 2 is 1.95 bits per heavy atom. The molecular weight excluding hydrogens is 242 g/mol. The van der Waals surface area contributed by atoms with Crippen LogP contribution in [0.15, 0.2) is 18.2 Å². The first-order chi connectivity index (χ1) is 9.07. The van der Waals surface area contributed by atoms with Gasteiger partial charge < -0.3 is 14.7 Å². The minimum Gasteiger partial charge on any atom is -0.508 e. The van der Waals surface area contributed by atoms with E-state index in [2.05, 4.69) is 0 Å². The van der Waals surface area contributed by atoms with E-state index in [0.29, 0.717) is 30.8 Å². The molecule has 4 heteroatoms. The van der Waals surface area contributed by atoms with Gasteiger partial charge in [0.2, 0.25) is 0 Å². The summed E-state index contributed by atoms with van der Waals surface area (Å²) in [6.45, 7) is 6.61. The normalized spacial score (nSPS) is 17.0. The van der Waals surface area contributed by atoms with Crippen LogP contribution in [0.25, 0.3) is 0 Å². The van der Waals surface area contributed by atoms with Gasteiger partial charge in [-0.25, -0.2) is 0 Å². The van der Waals surface area contributed by atoms with Crippen molar-refractivity contribution in [2.75, 3.05) is 11.4 Å². The Labute approximate surface area is 114 Å². The van der Waals surface area contributed by atoms with Crippen molar-refractivity contribution in [3.8, 4) is 11.5 Å². The molecule has 19 heavy (non-hydrogen) atoms. The van der Waals surface area contributed by atoms with Gasteiger partial charge in [0.15, 0.2) is 5.60 Å². The van der Waals surface area contributed by atoms with Crippen molar-refractivity contribution in [3.05, 3.63) is 18.2 Å². The van der Waals surface area contributed by atoms with E-state index < -0.39 is 5.60 Å². The summed E-state index contributed by atoms with van der Waals surface area (Å²) in [6.07, 6.45) is 2.15. The van der Waals surface area contributed by atoms with Gasteiger partial charge in [0.1, 0.15) is 11.5 Å². The van der Waals surface area contributed by atoms with Gasteiger partial charge in [0.05, 0.1) is 5.69 Å². The Hall–Kier alpha value is -1.71. The van der Waals surface area contributed by atoms with Crippen LogP contribution < -0.4 is 9.64 Å². The second-order valence-electron chi connectivity index (χ2n) is 4.91. The molecule has 0 radical (unpaired) electrons. The highest BCUT2D eigenvalue weighted by Crippen LogP contribution is 2.42. The maximum Gasteiger partial charge on any atom is 0.271 e. The lowest BCUT2D eigenvalue weighted by Crippen LogP contribution is -2.55. The Balaban J connectivity index is 2.52. The first-order valence-electron chi connectivity index (χ1n) is 6.92. The fourth-order valence-corrected chi connectivity index (χ4v) is 2.55. The number of carbonyl (C=O) groups excluding carboxylic acids is 1. The summed E-state index contributed by atoms with van der Waals surface area (Å²) in [6, 6.07) is 4.92. The van der Waals surface area contributed by atoms with Gasteiger partial charge in [0.25, 0.3) is 5.91 Å². The van der Waals surface area contributed by atoms with Crippen LogP contribution in [0.2, 0.25) is 0 Å². The minimum atomic E-state index is -0.765. The maximum atomic E-state index is 12.7. The lowest BCUT2D eigenvalue weighted by atomic mass is 9.92. The molecule has 104 valence electrons. The van der Waals surface area contributed by atoms with E-state index >= 15 is 0 Å². The highest BCUT2D eigenvalue weighted by atomic mass is 16.5. The van der Waals surface area contributed by atoms with E-state index in [-0.39, 0.29) is 11.7 Å². The van der Waals surface area contributed by atoms with Gasteiger partial charge in [-0.05, 0) is 31.4 Å². The summed E-state index contributed by atoms with van der Waals surface area (Å²) in [4.78, 5) is 14.4. The van der Waals surface area contributed by atoms with Crippen LogP contribution in [0.5, 0.6) is 11.5 Å². The molecule has 1 aliphatic rings. The quantitative estimate of drug-likeness (QED) is 0.908. The van der Waals surface area contributed by atoms with Crippen LogP contribution in [-0.2, 0) is 4.79 Å². The van der Waals surface area contributed by atoms with Crippen LogP contribution >= 0.6 is 0 Å². The average molecular weight is 263 g/mol. The van der Waals surface area contributed by atoms with E-state index in [1.807, 2.05) is 20.8 Å². The predicted octanol–water partition coefficient (Wildman–Crippen LogP) is 3.09. The molecule has 1 aromatic carbocycles. The molecule has 1 amide bonds. The number of anilines is 1. The number of benzene rings is 1. The van der Waals surface area contributed by atoms with E-state index in [4.69, 9.17) is 4.74 Å². The number of nitrogens with zero attached hydrogens (tertiary/aromatic N) is 1. The number of carbonyl (C=O) groups is 1. The number of rotatable bonds is 4.